The Morgan fingerprint density at radius 2 is 1.77 bits per heavy atom. The Bertz CT molecular complexity index is 1090. The number of ether oxygens (including phenoxy) is 1. The van der Waals surface area contributed by atoms with Gasteiger partial charge in [0.05, 0.1) is 11.5 Å². The number of carbonyl (C=O) groups is 1. The minimum absolute atomic E-state index is 0.0101. The lowest BCUT2D eigenvalue weighted by atomic mass is 10.2. The predicted octanol–water partition coefficient (Wildman–Crippen LogP) is 4.65. The summed E-state index contributed by atoms with van der Waals surface area (Å²) in [6.07, 6.45) is 0.797. The van der Waals surface area contributed by atoms with Gasteiger partial charge in [0, 0.05) is 29.8 Å². The maximum absolute atomic E-state index is 12.4. The van der Waals surface area contributed by atoms with Crippen LogP contribution in [0.5, 0.6) is 5.75 Å². The van der Waals surface area contributed by atoms with Gasteiger partial charge in [-0.15, -0.1) is 0 Å². The number of aryl methyl sites for hydroxylation is 1. The van der Waals surface area contributed by atoms with Gasteiger partial charge < -0.3 is 10.1 Å². The minimum atomic E-state index is -0.466. The minimum Gasteiger partial charge on any atom is -0.493 e. The van der Waals surface area contributed by atoms with Crippen molar-refractivity contribution in [3.05, 3.63) is 99.6 Å². The summed E-state index contributed by atoms with van der Waals surface area (Å²) in [5.41, 5.74) is 2.84. The first-order valence-electron chi connectivity index (χ1n) is 9.56. The number of nitro groups is 1. The number of nitrogens with one attached hydrogen (secondary N) is 2. The van der Waals surface area contributed by atoms with Gasteiger partial charge in [-0.05, 0) is 60.6 Å². The number of anilines is 1. The molecule has 3 aromatic carbocycles. The van der Waals surface area contributed by atoms with Gasteiger partial charge in [-0.25, -0.2) is 0 Å². The van der Waals surface area contributed by atoms with Crippen molar-refractivity contribution in [2.75, 3.05) is 11.9 Å². The summed E-state index contributed by atoms with van der Waals surface area (Å²) < 4.78 is 5.73. The molecule has 2 N–H and O–H groups in total. The number of hydrogen-bond acceptors (Lipinski definition) is 5. The van der Waals surface area contributed by atoms with Crippen molar-refractivity contribution >= 4 is 34.6 Å². The van der Waals surface area contributed by atoms with Crippen molar-refractivity contribution < 1.29 is 14.5 Å². The number of nitro benzene ring substituents is 1. The summed E-state index contributed by atoms with van der Waals surface area (Å²) in [5, 5.41) is 16.4. The van der Waals surface area contributed by atoms with Crippen LogP contribution in [0, 0.1) is 17.0 Å². The molecule has 0 radical (unpaired) electrons. The van der Waals surface area contributed by atoms with E-state index in [9.17, 15) is 14.9 Å². The predicted molar refractivity (Wildman–Crippen MR) is 124 cm³/mol. The van der Waals surface area contributed by atoms with Crippen molar-refractivity contribution in [2.45, 2.75) is 13.3 Å². The highest BCUT2D eigenvalue weighted by Crippen LogP contribution is 2.21. The molecule has 0 fully saturated rings. The molecule has 0 bridgehead atoms. The molecule has 8 heteroatoms. The Balaban J connectivity index is 1.50. The molecule has 0 aliphatic carbocycles. The van der Waals surface area contributed by atoms with Crippen LogP contribution in [-0.2, 0) is 6.42 Å². The molecule has 31 heavy (non-hydrogen) atoms. The van der Waals surface area contributed by atoms with E-state index >= 15 is 0 Å². The number of benzene rings is 3. The molecule has 3 aromatic rings. The molecule has 0 saturated heterocycles. The Hall–Kier alpha value is -3.78. The smallest absolute Gasteiger partial charge is 0.269 e. The van der Waals surface area contributed by atoms with Crippen LogP contribution in [-0.4, -0.2) is 22.5 Å². The second kappa shape index (κ2) is 10.3. The molecule has 3 rings (SSSR count). The monoisotopic (exact) mass is 435 g/mol. The number of carbonyl (C=O) groups excluding carboxylic acids is 1. The molecular weight excluding hydrogens is 414 g/mol. The fourth-order valence-electron chi connectivity index (χ4n) is 2.86. The van der Waals surface area contributed by atoms with Crippen LogP contribution in [0.3, 0.4) is 0 Å². The first-order chi connectivity index (χ1) is 14.9. The molecule has 1 amide bonds. The van der Waals surface area contributed by atoms with Gasteiger partial charge in [-0.3, -0.25) is 20.2 Å². The molecule has 0 aliphatic rings. The summed E-state index contributed by atoms with van der Waals surface area (Å²) in [6.45, 7) is 2.26. The maximum Gasteiger partial charge on any atom is 0.269 e. The number of rotatable bonds is 7. The third-order valence-electron chi connectivity index (χ3n) is 4.51. The van der Waals surface area contributed by atoms with Crippen LogP contribution in [0.2, 0.25) is 0 Å². The Morgan fingerprint density at radius 3 is 2.42 bits per heavy atom. The van der Waals surface area contributed by atoms with Gasteiger partial charge in [0.15, 0.2) is 5.11 Å². The van der Waals surface area contributed by atoms with Crippen molar-refractivity contribution in [3.8, 4) is 5.75 Å². The van der Waals surface area contributed by atoms with E-state index in [-0.39, 0.29) is 16.7 Å². The van der Waals surface area contributed by atoms with E-state index in [0.29, 0.717) is 29.2 Å². The number of hydrogen-bond donors (Lipinski definition) is 2. The van der Waals surface area contributed by atoms with Crippen LogP contribution < -0.4 is 15.4 Å². The quantitative estimate of drug-likeness (QED) is 0.319. The number of non-ortho nitro benzene ring substituents is 1. The van der Waals surface area contributed by atoms with Gasteiger partial charge >= 0.3 is 0 Å². The summed E-state index contributed by atoms with van der Waals surface area (Å²) in [5.74, 6) is 0.308. The van der Waals surface area contributed by atoms with Gasteiger partial charge in [-0.2, -0.15) is 0 Å². The SMILES string of the molecule is Cc1cc([N+](=O)[O-])ccc1NC(=S)NC(=O)c1ccc(OCCc2ccccc2)cc1. The summed E-state index contributed by atoms with van der Waals surface area (Å²) in [4.78, 5) is 22.8. The normalized spacial score (nSPS) is 10.2. The van der Waals surface area contributed by atoms with E-state index < -0.39 is 4.92 Å². The zero-order chi connectivity index (χ0) is 22.2. The Morgan fingerprint density at radius 1 is 1.06 bits per heavy atom. The lowest BCUT2D eigenvalue weighted by Gasteiger charge is -2.12. The fraction of sp³-hybridized carbons (Fsp3) is 0.130. The molecule has 0 aliphatic heterocycles. The summed E-state index contributed by atoms with van der Waals surface area (Å²) in [7, 11) is 0. The summed E-state index contributed by atoms with van der Waals surface area (Å²) >= 11 is 5.18. The molecule has 7 nitrogen and oxygen atoms in total. The zero-order valence-electron chi connectivity index (χ0n) is 16.8. The van der Waals surface area contributed by atoms with Gasteiger partial charge in [0.2, 0.25) is 0 Å². The standard InChI is InChI=1S/C23H21N3O4S/c1-16-15-19(26(28)29)9-12-21(16)24-23(31)25-22(27)18-7-10-20(11-8-18)30-14-13-17-5-3-2-4-6-17/h2-12,15H,13-14H2,1H3,(H2,24,25,27,31). The van der Waals surface area contributed by atoms with E-state index in [1.165, 1.54) is 17.7 Å². The van der Waals surface area contributed by atoms with E-state index in [0.717, 1.165) is 6.42 Å². The molecule has 0 atom stereocenters. The lowest BCUT2D eigenvalue weighted by Crippen LogP contribution is -2.34. The molecule has 0 saturated carbocycles. The van der Waals surface area contributed by atoms with E-state index in [1.54, 1.807) is 37.3 Å². The summed E-state index contributed by atoms with van der Waals surface area (Å²) in [6, 6.07) is 21.2. The first-order valence-corrected chi connectivity index (χ1v) is 9.97. The lowest BCUT2D eigenvalue weighted by molar-refractivity contribution is -0.384. The second-order valence-corrected chi connectivity index (χ2v) is 7.18. The van der Waals surface area contributed by atoms with Crippen LogP contribution in [0.1, 0.15) is 21.5 Å². The van der Waals surface area contributed by atoms with Crippen molar-refractivity contribution in [3.63, 3.8) is 0 Å². The third kappa shape index (κ3) is 6.35. The number of amides is 1. The van der Waals surface area contributed by atoms with Gasteiger partial charge in [0.1, 0.15) is 5.75 Å². The Kier molecular flexibility index (Phi) is 7.29. The number of thiocarbonyl (C=S) groups is 1. The van der Waals surface area contributed by atoms with Crippen molar-refractivity contribution in [2.24, 2.45) is 0 Å². The van der Waals surface area contributed by atoms with E-state index in [4.69, 9.17) is 17.0 Å². The van der Waals surface area contributed by atoms with Crippen LogP contribution in [0.25, 0.3) is 0 Å². The fourth-order valence-corrected chi connectivity index (χ4v) is 3.07. The van der Waals surface area contributed by atoms with Crippen molar-refractivity contribution in [1.29, 1.82) is 0 Å². The molecule has 0 aromatic heterocycles. The highest BCUT2D eigenvalue weighted by Gasteiger charge is 2.11. The maximum atomic E-state index is 12.4. The molecule has 0 spiro atoms. The highest BCUT2D eigenvalue weighted by molar-refractivity contribution is 7.80. The van der Waals surface area contributed by atoms with Gasteiger partial charge in [0.25, 0.3) is 11.6 Å². The molecule has 0 unspecified atom stereocenters. The van der Waals surface area contributed by atoms with Gasteiger partial charge in [-0.1, -0.05) is 30.3 Å². The van der Waals surface area contributed by atoms with Crippen LogP contribution in [0.15, 0.2) is 72.8 Å². The van der Waals surface area contributed by atoms with E-state index in [1.807, 2.05) is 30.3 Å². The average Bonchev–Trinajstić information content (AvgIpc) is 2.76. The highest BCUT2D eigenvalue weighted by atomic mass is 32.1. The molecular formula is C23H21N3O4S. The van der Waals surface area contributed by atoms with Crippen LogP contribution in [0.4, 0.5) is 11.4 Å². The average molecular weight is 436 g/mol. The third-order valence-corrected chi connectivity index (χ3v) is 4.72. The van der Waals surface area contributed by atoms with Crippen molar-refractivity contribution in [1.82, 2.24) is 5.32 Å². The molecule has 158 valence electrons. The zero-order valence-corrected chi connectivity index (χ0v) is 17.6. The Labute approximate surface area is 185 Å². The topological polar surface area (TPSA) is 93.5 Å². The van der Waals surface area contributed by atoms with Crippen LogP contribution >= 0.6 is 12.2 Å². The number of nitrogens with zero attached hydrogens (tertiary/aromatic N) is 1. The largest absolute Gasteiger partial charge is 0.493 e. The second-order valence-electron chi connectivity index (χ2n) is 6.77. The molecule has 0 heterocycles. The first kappa shape index (κ1) is 21.9. The van der Waals surface area contributed by atoms with E-state index in [2.05, 4.69) is 10.6 Å².